The average Bonchev–Trinajstić information content (AvgIpc) is 2.84. The maximum atomic E-state index is 12.0. The average molecular weight is 361 g/mol. The molecule has 2 bridgehead atoms. The summed E-state index contributed by atoms with van der Waals surface area (Å²) in [5.74, 6) is -0.851. The molecule has 0 aromatic carbocycles. The number of nitrogens with zero attached hydrogens (tertiary/aromatic N) is 4. The fourth-order valence-corrected chi connectivity index (χ4v) is 2.87. The topological polar surface area (TPSA) is 155 Å². The Bertz CT molecular complexity index is 737. The van der Waals surface area contributed by atoms with Crippen LogP contribution >= 0.6 is 0 Å². The van der Waals surface area contributed by atoms with E-state index < -0.39 is 28.4 Å². The summed E-state index contributed by atoms with van der Waals surface area (Å²) in [7, 11) is -5.08. The Morgan fingerprint density at radius 1 is 1.48 bits per heavy atom. The van der Waals surface area contributed by atoms with E-state index in [1.165, 1.54) is 15.8 Å². The van der Waals surface area contributed by atoms with Gasteiger partial charge in [0.15, 0.2) is 0 Å². The largest absolute Gasteiger partial charge is 1.00 e. The van der Waals surface area contributed by atoms with Crippen LogP contribution in [0.1, 0.15) is 17.3 Å². The number of urea groups is 1. The first-order valence-electron chi connectivity index (χ1n) is 5.79. The van der Waals surface area contributed by atoms with Crippen LogP contribution in [0, 0.1) is 5.41 Å². The minimum atomic E-state index is -5.08. The van der Waals surface area contributed by atoms with Gasteiger partial charge in [0, 0.05) is 5.56 Å². The number of carbonyl (C=O) groups excluding carboxylic acids is 1. The zero-order chi connectivity index (χ0) is 15.4. The van der Waals surface area contributed by atoms with Crippen molar-refractivity contribution in [2.24, 2.45) is 0 Å². The van der Waals surface area contributed by atoms with Crippen LogP contribution in [0.25, 0.3) is 0 Å². The van der Waals surface area contributed by atoms with Crippen molar-refractivity contribution in [3.8, 4) is 0 Å². The van der Waals surface area contributed by atoms with Crippen molar-refractivity contribution in [2.75, 3.05) is 6.54 Å². The van der Waals surface area contributed by atoms with Crippen LogP contribution in [0.15, 0.2) is 6.20 Å². The van der Waals surface area contributed by atoms with Gasteiger partial charge in [-0.25, -0.2) is 13.2 Å². The third kappa shape index (κ3) is 4.08. The Labute approximate surface area is 175 Å². The summed E-state index contributed by atoms with van der Waals surface area (Å²) >= 11 is 0. The van der Waals surface area contributed by atoms with Gasteiger partial charge >= 0.3 is 65.1 Å². The van der Waals surface area contributed by atoms with Gasteiger partial charge in [0.25, 0.3) is 0 Å². The van der Waals surface area contributed by atoms with Crippen LogP contribution in [0.2, 0.25) is 0 Å². The van der Waals surface area contributed by atoms with Crippen LogP contribution < -0.4 is 64.2 Å². The monoisotopic (exact) mass is 361 g/mol. The second-order valence-electron chi connectivity index (χ2n) is 4.61. The summed E-state index contributed by atoms with van der Waals surface area (Å²) in [6.45, 7) is -0.0244. The molecular weight excluding hydrogens is 352 g/mol. The molecule has 114 valence electrons. The molecule has 3 rings (SSSR count). The first kappa shape index (κ1) is 20.9. The smallest absolute Gasteiger partial charge is 0.861 e. The third-order valence-corrected chi connectivity index (χ3v) is 3.62. The number of aromatic nitrogens is 2. The van der Waals surface area contributed by atoms with Crippen LogP contribution in [-0.4, -0.2) is 51.2 Å². The van der Waals surface area contributed by atoms with E-state index in [1.54, 1.807) is 0 Å². The number of carbonyl (C=O) groups is 1. The van der Waals surface area contributed by atoms with Crippen molar-refractivity contribution in [1.29, 1.82) is 5.41 Å². The minimum absolute atomic E-state index is 0. The van der Waals surface area contributed by atoms with Gasteiger partial charge in [0.2, 0.25) is 10.4 Å². The van der Waals surface area contributed by atoms with Crippen molar-refractivity contribution >= 4 is 22.3 Å². The molecule has 0 spiro atoms. The molecule has 0 aliphatic carbocycles. The molecule has 1 saturated heterocycles. The molecule has 0 saturated carbocycles. The van der Waals surface area contributed by atoms with Gasteiger partial charge in [-0.15, -0.1) is 0 Å². The second-order valence-corrected chi connectivity index (χ2v) is 5.58. The van der Waals surface area contributed by atoms with E-state index in [0.29, 0.717) is 16.3 Å². The molecule has 11 nitrogen and oxygen atoms in total. The number of hydrogen-bond donors (Lipinski definition) is 1. The molecule has 1 aromatic rings. The van der Waals surface area contributed by atoms with Crippen LogP contribution in [0.5, 0.6) is 0 Å². The fraction of sp³-hybridized carbons (Fsp3) is 0.444. The summed E-state index contributed by atoms with van der Waals surface area (Å²) in [6.07, 6.45) is 1.37. The standard InChI is InChI=1S/C9H11N5O6S.2Na/c10-8(15)4-13-6-2-12-3-7(5(6)1-11-13)14(9(12)16)20-21(17,18)19;;/h1,7H,2-4H2,(H2,10,15)(H,17,18,19);;/q;2*+1/p-2. The van der Waals surface area contributed by atoms with Gasteiger partial charge in [0.1, 0.15) is 6.04 Å². The summed E-state index contributed by atoms with van der Waals surface area (Å²) < 4.78 is 37.6. The minimum Gasteiger partial charge on any atom is -0.861 e. The number of hydroxylamine groups is 2. The number of amides is 2. The summed E-state index contributed by atoms with van der Waals surface area (Å²) in [4.78, 5) is 13.2. The predicted molar refractivity (Wildman–Crippen MR) is 61.1 cm³/mol. The Hall–Kier alpha value is -0.180. The van der Waals surface area contributed by atoms with Crippen molar-refractivity contribution < 1.29 is 86.3 Å². The van der Waals surface area contributed by atoms with Crippen molar-refractivity contribution in [1.82, 2.24) is 19.7 Å². The number of hydrogen-bond acceptors (Lipinski definition) is 8. The first-order chi connectivity index (χ1) is 9.76. The molecule has 23 heavy (non-hydrogen) atoms. The van der Waals surface area contributed by atoms with Crippen molar-refractivity contribution in [3.05, 3.63) is 17.5 Å². The second kappa shape index (κ2) is 7.37. The summed E-state index contributed by atoms with van der Waals surface area (Å²) in [5, 5.41) is 22.3. The van der Waals surface area contributed by atoms with E-state index in [-0.39, 0.29) is 78.7 Å². The number of nitrogens with one attached hydrogen (secondary N) is 1. The van der Waals surface area contributed by atoms with Gasteiger partial charge in [-0.2, -0.15) is 14.4 Å². The summed E-state index contributed by atoms with van der Waals surface area (Å²) in [5.41, 5.74) is 0.997. The van der Waals surface area contributed by atoms with Crippen molar-refractivity contribution in [2.45, 2.75) is 19.1 Å². The fourth-order valence-electron chi connectivity index (χ4n) is 2.50. The molecular formula is C9H9N5Na2O6S. The van der Waals surface area contributed by atoms with E-state index in [0.717, 1.165) is 0 Å². The Morgan fingerprint density at radius 3 is 2.70 bits per heavy atom. The van der Waals surface area contributed by atoms with Crippen LogP contribution in [0.3, 0.4) is 0 Å². The van der Waals surface area contributed by atoms with E-state index in [4.69, 9.17) is 5.41 Å². The quantitative estimate of drug-likeness (QED) is 0.184. The molecule has 14 heteroatoms. The number of fused-ring (bicyclic) bond motifs is 4. The molecule has 1 unspecified atom stereocenters. The van der Waals surface area contributed by atoms with E-state index >= 15 is 0 Å². The SMILES string of the molecule is N=C([O-])Cn1ncc2c1CN1CC2N(OS(=O)(=O)[O-])C1=O.[Na+].[Na+]. The Kier molecular flexibility index (Phi) is 6.69. The Morgan fingerprint density at radius 2 is 2.13 bits per heavy atom. The van der Waals surface area contributed by atoms with E-state index in [1.807, 2.05) is 0 Å². The zero-order valence-corrected chi connectivity index (χ0v) is 17.2. The van der Waals surface area contributed by atoms with Gasteiger partial charge in [-0.3, -0.25) is 4.68 Å². The molecule has 2 aliphatic rings. The first-order valence-corrected chi connectivity index (χ1v) is 7.12. The third-order valence-electron chi connectivity index (χ3n) is 3.28. The maximum Gasteiger partial charge on any atom is 1.00 e. The maximum absolute atomic E-state index is 12.0. The van der Waals surface area contributed by atoms with Gasteiger partial charge in [0.05, 0.1) is 31.5 Å². The predicted octanol–water partition coefficient (Wildman–Crippen LogP) is -8.09. The molecule has 1 aromatic heterocycles. The van der Waals surface area contributed by atoms with Crippen LogP contribution in [-0.2, 0) is 27.8 Å². The molecule has 1 N–H and O–H groups in total. The molecule has 1 atom stereocenters. The number of rotatable bonds is 4. The zero-order valence-electron chi connectivity index (χ0n) is 12.4. The summed E-state index contributed by atoms with van der Waals surface area (Å²) in [6, 6.07) is -1.54. The molecule has 2 amide bonds. The van der Waals surface area contributed by atoms with Crippen molar-refractivity contribution in [3.63, 3.8) is 0 Å². The molecule has 3 heterocycles. The van der Waals surface area contributed by atoms with Gasteiger partial charge in [-0.1, -0.05) is 0 Å². The van der Waals surface area contributed by atoms with Gasteiger partial charge < -0.3 is 20.0 Å². The van der Waals surface area contributed by atoms with Crippen LogP contribution in [0.4, 0.5) is 4.79 Å². The molecule has 0 radical (unpaired) electrons. The van der Waals surface area contributed by atoms with Gasteiger partial charge in [-0.05, 0) is 5.90 Å². The normalized spacial score (nSPS) is 19.0. The molecule has 2 aliphatic heterocycles. The molecule has 1 fully saturated rings. The van der Waals surface area contributed by atoms with E-state index in [2.05, 4.69) is 9.38 Å². The Balaban J connectivity index is 0.00000132. The van der Waals surface area contributed by atoms with E-state index in [9.17, 15) is 22.9 Å².